The van der Waals surface area contributed by atoms with Crippen LogP contribution < -0.4 is 20.9 Å². The molecule has 2 saturated heterocycles. The summed E-state index contributed by atoms with van der Waals surface area (Å²) >= 11 is 0. The molecule has 0 bridgehead atoms. The highest BCUT2D eigenvalue weighted by molar-refractivity contribution is 5.72. The number of anilines is 3. The molecule has 9 heteroatoms. The number of hydrogen-bond acceptors (Lipinski definition) is 8. The zero-order valence-electron chi connectivity index (χ0n) is 20.8. The third kappa shape index (κ3) is 7.04. The van der Waals surface area contributed by atoms with Crippen LogP contribution in [-0.4, -0.2) is 73.5 Å². The lowest BCUT2D eigenvalue weighted by molar-refractivity contribution is -0.106. The Hall–Kier alpha value is -2.91. The third-order valence-electron chi connectivity index (χ3n) is 5.90. The van der Waals surface area contributed by atoms with Gasteiger partial charge in [-0.1, -0.05) is 26.8 Å². The van der Waals surface area contributed by atoms with Gasteiger partial charge in [-0.2, -0.15) is 4.98 Å². The van der Waals surface area contributed by atoms with Crippen LogP contribution in [0.3, 0.4) is 0 Å². The lowest BCUT2D eigenvalue weighted by Crippen LogP contribution is -2.51. The summed E-state index contributed by atoms with van der Waals surface area (Å²) in [6.45, 7) is 14.1. The van der Waals surface area contributed by atoms with Crippen molar-refractivity contribution in [3.63, 3.8) is 0 Å². The minimum absolute atomic E-state index is 0.250. The number of carbonyl (C=O) groups excluding carboxylic acids is 1. The van der Waals surface area contributed by atoms with Gasteiger partial charge in [0.25, 0.3) is 0 Å². The molecule has 0 aliphatic carbocycles. The summed E-state index contributed by atoms with van der Waals surface area (Å²) < 4.78 is 5.52. The number of nitrogens with two attached hydrogens (primary N) is 1. The SMILES string of the molecule is Cc1ccc(NCCC(C)(C)C)cc1-c1cc(N2CCOCC2)nc(N2CC(O)C2)n1.NC=O. The molecule has 1 aromatic heterocycles. The largest absolute Gasteiger partial charge is 0.389 e. The Morgan fingerprint density at radius 3 is 2.47 bits per heavy atom. The van der Waals surface area contributed by atoms with Crippen LogP contribution in [0.1, 0.15) is 32.8 Å². The van der Waals surface area contributed by atoms with Crippen molar-refractivity contribution in [1.29, 1.82) is 0 Å². The maximum Gasteiger partial charge on any atom is 0.228 e. The second-order valence-corrected chi connectivity index (χ2v) is 9.97. The normalized spacial score (nSPS) is 16.4. The first-order valence-corrected chi connectivity index (χ1v) is 11.9. The molecule has 4 N–H and O–H groups in total. The number of nitrogens with zero attached hydrogens (tertiary/aromatic N) is 4. The van der Waals surface area contributed by atoms with E-state index in [0.29, 0.717) is 37.7 Å². The molecule has 0 saturated carbocycles. The van der Waals surface area contributed by atoms with E-state index in [2.05, 4.69) is 67.9 Å². The third-order valence-corrected chi connectivity index (χ3v) is 5.90. The van der Waals surface area contributed by atoms with Gasteiger partial charge in [0.15, 0.2) is 0 Å². The molecule has 34 heavy (non-hydrogen) atoms. The Morgan fingerprint density at radius 2 is 1.85 bits per heavy atom. The Kier molecular flexibility index (Phi) is 8.68. The molecule has 0 radical (unpaired) electrons. The quantitative estimate of drug-likeness (QED) is 0.551. The van der Waals surface area contributed by atoms with Gasteiger partial charge in [-0.3, -0.25) is 4.79 Å². The number of aliphatic hydroxyl groups excluding tert-OH is 1. The van der Waals surface area contributed by atoms with Crippen molar-refractivity contribution in [2.45, 2.75) is 40.2 Å². The average molecular weight is 471 g/mol. The van der Waals surface area contributed by atoms with E-state index >= 15 is 0 Å². The number of morpholine rings is 1. The number of aryl methyl sites for hydroxylation is 1. The zero-order chi connectivity index (χ0) is 24.7. The molecule has 186 valence electrons. The summed E-state index contributed by atoms with van der Waals surface area (Å²) in [5.74, 6) is 1.62. The second kappa shape index (κ2) is 11.5. The number of ether oxygens (including phenoxy) is 1. The van der Waals surface area contributed by atoms with Gasteiger partial charge in [0.1, 0.15) is 5.82 Å². The Morgan fingerprint density at radius 1 is 1.18 bits per heavy atom. The Labute approximate surface area is 202 Å². The number of aromatic nitrogens is 2. The van der Waals surface area contributed by atoms with Gasteiger partial charge in [-0.15, -0.1) is 0 Å². The van der Waals surface area contributed by atoms with E-state index in [1.165, 1.54) is 5.56 Å². The number of nitrogens with one attached hydrogen (secondary N) is 1. The smallest absolute Gasteiger partial charge is 0.228 e. The molecule has 0 atom stereocenters. The van der Waals surface area contributed by atoms with Crippen LogP contribution >= 0.6 is 0 Å². The predicted molar refractivity (Wildman–Crippen MR) is 136 cm³/mol. The minimum atomic E-state index is -0.295. The van der Waals surface area contributed by atoms with Crippen molar-refractivity contribution in [2.24, 2.45) is 11.1 Å². The molecule has 2 fully saturated rings. The van der Waals surface area contributed by atoms with Gasteiger partial charge in [-0.25, -0.2) is 4.98 Å². The van der Waals surface area contributed by atoms with Gasteiger partial charge in [0, 0.05) is 50.0 Å². The second-order valence-electron chi connectivity index (χ2n) is 9.97. The Bertz CT molecular complexity index is 950. The van der Waals surface area contributed by atoms with Crippen molar-refractivity contribution in [1.82, 2.24) is 9.97 Å². The van der Waals surface area contributed by atoms with Crippen LogP contribution in [0.4, 0.5) is 17.5 Å². The summed E-state index contributed by atoms with van der Waals surface area (Å²) in [5, 5.41) is 13.3. The number of rotatable bonds is 6. The van der Waals surface area contributed by atoms with E-state index in [1.807, 2.05) is 4.90 Å². The number of carbonyl (C=O) groups is 1. The van der Waals surface area contributed by atoms with E-state index in [0.717, 1.165) is 48.8 Å². The van der Waals surface area contributed by atoms with Gasteiger partial charge >= 0.3 is 0 Å². The number of hydrogen-bond donors (Lipinski definition) is 3. The molecule has 2 aromatic rings. The zero-order valence-corrected chi connectivity index (χ0v) is 20.8. The summed E-state index contributed by atoms with van der Waals surface area (Å²) in [6.07, 6.45) is 1.06. The van der Waals surface area contributed by atoms with Gasteiger partial charge < -0.3 is 30.7 Å². The fourth-order valence-electron chi connectivity index (χ4n) is 3.86. The number of primary amides is 1. The predicted octanol–water partition coefficient (Wildman–Crippen LogP) is 2.42. The highest BCUT2D eigenvalue weighted by atomic mass is 16.5. The molecule has 4 rings (SSSR count). The van der Waals surface area contributed by atoms with Crippen LogP contribution in [0, 0.1) is 12.3 Å². The average Bonchev–Trinajstić information content (AvgIpc) is 2.78. The van der Waals surface area contributed by atoms with E-state index < -0.39 is 0 Å². The molecule has 0 unspecified atom stereocenters. The van der Waals surface area contributed by atoms with Crippen molar-refractivity contribution < 1.29 is 14.6 Å². The summed E-state index contributed by atoms with van der Waals surface area (Å²) in [6, 6.07) is 8.57. The first-order chi connectivity index (χ1) is 16.2. The number of benzene rings is 1. The molecular weight excluding hydrogens is 432 g/mol. The molecule has 2 aliphatic rings. The van der Waals surface area contributed by atoms with Crippen molar-refractivity contribution in [3.05, 3.63) is 29.8 Å². The van der Waals surface area contributed by atoms with E-state index in [9.17, 15) is 5.11 Å². The van der Waals surface area contributed by atoms with E-state index in [4.69, 9.17) is 19.5 Å². The Balaban J connectivity index is 0.00000103. The van der Waals surface area contributed by atoms with Crippen LogP contribution in [0.2, 0.25) is 0 Å². The lowest BCUT2D eigenvalue weighted by atomic mass is 9.92. The molecule has 9 nitrogen and oxygen atoms in total. The summed E-state index contributed by atoms with van der Waals surface area (Å²) in [4.78, 5) is 22.6. The molecule has 1 aromatic carbocycles. The number of aliphatic hydroxyl groups is 1. The molecule has 1 amide bonds. The van der Waals surface area contributed by atoms with Crippen molar-refractivity contribution in [3.8, 4) is 11.3 Å². The lowest BCUT2D eigenvalue weighted by Gasteiger charge is -2.37. The van der Waals surface area contributed by atoms with Gasteiger partial charge in [0.05, 0.1) is 25.0 Å². The minimum Gasteiger partial charge on any atom is -0.389 e. The molecule has 3 heterocycles. The van der Waals surface area contributed by atoms with Crippen molar-refractivity contribution >= 4 is 23.9 Å². The number of β-amino-alcohol motifs (C(OH)–C–C–N with tert-alkyl or cyclic N) is 1. The molecule has 0 spiro atoms. The maximum atomic E-state index is 9.77. The standard InChI is InChI=1S/C24H35N5O2.CH3NO/c1-17-5-6-18(25-8-7-24(2,3)4)13-20(17)21-14-22(28-9-11-31-12-10-28)27-23(26-21)29-15-19(30)16-29;2-1-3/h5-6,13-14,19,25,30H,7-12,15-16H2,1-4H3;1H,(H2,2,3). The first kappa shape index (κ1) is 25.7. The van der Waals surface area contributed by atoms with Crippen LogP contribution in [0.15, 0.2) is 24.3 Å². The highest BCUT2D eigenvalue weighted by Crippen LogP contribution is 2.31. The topological polar surface area (TPSA) is 117 Å². The van der Waals surface area contributed by atoms with E-state index in [1.54, 1.807) is 0 Å². The van der Waals surface area contributed by atoms with Crippen LogP contribution in [0.5, 0.6) is 0 Å². The van der Waals surface area contributed by atoms with E-state index in [-0.39, 0.29) is 12.5 Å². The van der Waals surface area contributed by atoms with Crippen LogP contribution in [0.25, 0.3) is 11.3 Å². The maximum absolute atomic E-state index is 9.77. The first-order valence-electron chi connectivity index (χ1n) is 11.9. The van der Waals surface area contributed by atoms with Gasteiger partial charge in [0.2, 0.25) is 12.4 Å². The fraction of sp³-hybridized carbons (Fsp3) is 0.560. The molecular formula is C25H38N6O3. The fourth-order valence-corrected chi connectivity index (χ4v) is 3.86. The van der Waals surface area contributed by atoms with Crippen LogP contribution in [-0.2, 0) is 9.53 Å². The van der Waals surface area contributed by atoms with Gasteiger partial charge in [-0.05, 0) is 36.5 Å². The highest BCUT2D eigenvalue weighted by Gasteiger charge is 2.28. The summed E-state index contributed by atoms with van der Waals surface area (Å²) in [5.41, 5.74) is 8.79. The monoisotopic (exact) mass is 470 g/mol. The number of amides is 1. The van der Waals surface area contributed by atoms with Crippen molar-refractivity contribution in [2.75, 3.05) is 61.1 Å². The molecule has 2 aliphatic heterocycles. The summed E-state index contributed by atoms with van der Waals surface area (Å²) in [7, 11) is 0.